The van der Waals surface area contributed by atoms with Crippen LogP contribution in [-0.2, 0) is 10.5 Å². The van der Waals surface area contributed by atoms with Crippen molar-refractivity contribution < 1.29 is 9.53 Å². The molecule has 1 rings (SSSR count). The van der Waals surface area contributed by atoms with E-state index in [4.69, 9.17) is 4.74 Å². The number of benzene rings is 1. The van der Waals surface area contributed by atoms with E-state index in [-0.39, 0.29) is 6.03 Å². The van der Waals surface area contributed by atoms with Crippen LogP contribution in [0, 0.1) is 0 Å². The Kier molecular flexibility index (Phi) is 8.09. The summed E-state index contributed by atoms with van der Waals surface area (Å²) in [5.74, 6) is 1.90. The number of ether oxygens (including phenoxy) is 1. The summed E-state index contributed by atoms with van der Waals surface area (Å²) in [6.07, 6.45) is 0.934. The molecule has 0 heterocycles. The molecule has 0 aliphatic carbocycles. The Hall–Kier alpha value is -1.20. The molecule has 0 saturated carbocycles. The fraction of sp³-hybridized carbons (Fsp3) is 0.500. The summed E-state index contributed by atoms with van der Waals surface area (Å²) in [5.41, 5.74) is 2.04. The molecule has 5 heteroatoms. The molecular formula is C14H22N2O2S. The van der Waals surface area contributed by atoms with Crippen molar-refractivity contribution in [2.24, 2.45) is 0 Å². The van der Waals surface area contributed by atoms with Gasteiger partial charge in [0.15, 0.2) is 0 Å². The van der Waals surface area contributed by atoms with E-state index in [1.165, 1.54) is 5.56 Å². The fourth-order valence-corrected chi connectivity index (χ4v) is 2.33. The van der Waals surface area contributed by atoms with Gasteiger partial charge in [-0.15, -0.1) is 0 Å². The zero-order valence-electron chi connectivity index (χ0n) is 11.6. The molecule has 0 unspecified atom stereocenters. The Labute approximate surface area is 119 Å². The highest BCUT2D eigenvalue weighted by Crippen LogP contribution is 2.16. The first-order chi connectivity index (χ1) is 9.26. The van der Waals surface area contributed by atoms with Crippen LogP contribution < -0.4 is 10.6 Å². The molecule has 0 radical (unpaired) electrons. The Bertz CT molecular complexity index is 385. The van der Waals surface area contributed by atoms with Crippen LogP contribution >= 0.6 is 11.8 Å². The Morgan fingerprint density at radius 3 is 3.00 bits per heavy atom. The second-order valence-electron chi connectivity index (χ2n) is 4.13. The van der Waals surface area contributed by atoms with Crippen LogP contribution in [0.4, 0.5) is 10.5 Å². The summed E-state index contributed by atoms with van der Waals surface area (Å²) in [5, 5.41) is 5.62. The van der Waals surface area contributed by atoms with Crippen LogP contribution in [0.5, 0.6) is 0 Å². The number of hydrogen-bond acceptors (Lipinski definition) is 3. The molecule has 2 amide bonds. The smallest absolute Gasteiger partial charge is 0.319 e. The summed E-state index contributed by atoms with van der Waals surface area (Å²) in [7, 11) is 1.71. The van der Waals surface area contributed by atoms with E-state index in [9.17, 15) is 4.79 Å². The molecule has 1 aromatic rings. The predicted molar refractivity (Wildman–Crippen MR) is 81.8 cm³/mol. The van der Waals surface area contributed by atoms with Crippen molar-refractivity contribution in [3.8, 4) is 0 Å². The monoisotopic (exact) mass is 282 g/mol. The Morgan fingerprint density at radius 2 is 2.26 bits per heavy atom. The van der Waals surface area contributed by atoms with Gasteiger partial charge in [-0.2, -0.15) is 11.8 Å². The van der Waals surface area contributed by atoms with Gasteiger partial charge in [-0.3, -0.25) is 0 Å². The quantitative estimate of drug-likeness (QED) is 0.720. The van der Waals surface area contributed by atoms with Crippen molar-refractivity contribution in [3.05, 3.63) is 29.8 Å². The average Bonchev–Trinajstić information content (AvgIpc) is 2.42. The van der Waals surface area contributed by atoms with Crippen molar-refractivity contribution >= 4 is 23.5 Å². The third-order valence-corrected chi connectivity index (χ3v) is 3.41. The number of methoxy groups -OCH3 is 1. The molecule has 0 aliphatic rings. The minimum atomic E-state index is -0.147. The largest absolute Gasteiger partial charge is 0.384 e. The lowest BCUT2D eigenvalue weighted by molar-refractivity contribution is 0.218. The number of hydrogen-bond donors (Lipinski definition) is 2. The van der Waals surface area contributed by atoms with Crippen LogP contribution in [0.2, 0.25) is 0 Å². The first-order valence-corrected chi connectivity index (χ1v) is 7.62. The first-order valence-electron chi connectivity index (χ1n) is 6.46. The third kappa shape index (κ3) is 7.08. The topological polar surface area (TPSA) is 50.4 Å². The summed E-state index contributed by atoms with van der Waals surface area (Å²) in [6, 6.07) is 7.78. The van der Waals surface area contributed by atoms with E-state index < -0.39 is 0 Å². The Morgan fingerprint density at radius 1 is 1.42 bits per heavy atom. The van der Waals surface area contributed by atoms with Gasteiger partial charge in [0.1, 0.15) is 0 Å². The van der Waals surface area contributed by atoms with Crippen molar-refractivity contribution in [3.63, 3.8) is 0 Å². The van der Waals surface area contributed by atoms with Crippen LogP contribution in [0.1, 0.15) is 18.9 Å². The van der Waals surface area contributed by atoms with Gasteiger partial charge in [0.25, 0.3) is 0 Å². The van der Waals surface area contributed by atoms with Gasteiger partial charge in [0, 0.05) is 30.8 Å². The van der Waals surface area contributed by atoms with E-state index in [0.717, 1.165) is 30.2 Å². The number of amides is 2. The normalized spacial score (nSPS) is 10.2. The van der Waals surface area contributed by atoms with Crippen LogP contribution in [-0.4, -0.2) is 32.0 Å². The van der Waals surface area contributed by atoms with Crippen molar-refractivity contribution in [1.82, 2.24) is 5.32 Å². The van der Waals surface area contributed by atoms with E-state index in [1.807, 2.05) is 36.9 Å². The molecule has 0 aliphatic heterocycles. The molecule has 106 valence electrons. The second-order valence-corrected chi connectivity index (χ2v) is 5.23. The lowest BCUT2D eigenvalue weighted by Crippen LogP contribution is -2.29. The number of carbonyl (C=O) groups is 1. The van der Waals surface area contributed by atoms with Gasteiger partial charge in [-0.05, 0) is 24.1 Å². The van der Waals surface area contributed by atoms with Gasteiger partial charge in [-0.1, -0.05) is 19.1 Å². The van der Waals surface area contributed by atoms with Gasteiger partial charge in [-0.25, -0.2) is 4.79 Å². The lowest BCUT2D eigenvalue weighted by Gasteiger charge is -2.08. The lowest BCUT2D eigenvalue weighted by atomic mass is 10.2. The number of carbonyl (C=O) groups excluding carboxylic acids is 1. The summed E-state index contributed by atoms with van der Waals surface area (Å²) >= 11 is 1.82. The van der Waals surface area contributed by atoms with Gasteiger partial charge in [0.05, 0.1) is 6.61 Å². The number of rotatable bonds is 8. The molecule has 0 spiro atoms. The van der Waals surface area contributed by atoms with E-state index in [0.29, 0.717) is 6.54 Å². The van der Waals surface area contributed by atoms with Gasteiger partial charge >= 0.3 is 6.03 Å². The molecule has 0 atom stereocenters. The molecule has 0 saturated heterocycles. The van der Waals surface area contributed by atoms with Crippen LogP contribution in [0.15, 0.2) is 24.3 Å². The summed E-state index contributed by atoms with van der Waals surface area (Å²) in [4.78, 5) is 11.5. The maximum Gasteiger partial charge on any atom is 0.319 e. The zero-order chi connectivity index (χ0) is 13.9. The summed E-state index contributed by atoms with van der Waals surface area (Å²) < 4.78 is 5.01. The maximum absolute atomic E-state index is 11.5. The minimum Gasteiger partial charge on any atom is -0.384 e. The molecule has 4 nitrogen and oxygen atoms in total. The first kappa shape index (κ1) is 15.9. The van der Waals surface area contributed by atoms with Crippen molar-refractivity contribution in [2.45, 2.75) is 19.1 Å². The standard InChI is InChI=1S/C14H22N2O2S/c1-3-7-15-14(17)16-13-6-4-5-12(10-13)11-19-9-8-18-2/h4-6,10H,3,7-9,11H2,1-2H3,(H2,15,16,17). The van der Waals surface area contributed by atoms with Gasteiger partial charge in [0.2, 0.25) is 0 Å². The minimum absolute atomic E-state index is 0.147. The number of thioether (sulfide) groups is 1. The number of anilines is 1. The highest BCUT2D eigenvalue weighted by atomic mass is 32.2. The predicted octanol–water partition coefficient (Wildman–Crippen LogP) is 3.10. The molecule has 19 heavy (non-hydrogen) atoms. The maximum atomic E-state index is 11.5. The third-order valence-electron chi connectivity index (χ3n) is 2.42. The molecule has 1 aromatic carbocycles. The molecule has 0 fully saturated rings. The van der Waals surface area contributed by atoms with E-state index >= 15 is 0 Å². The fourth-order valence-electron chi connectivity index (χ4n) is 1.48. The zero-order valence-corrected chi connectivity index (χ0v) is 12.4. The molecule has 0 aromatic heterocycles. The SMILES string of the molecule is CCCNC(=O)Nc1cccc(CSCCOC)c1. The molecular weight excluding hydrogens is 260 g/mol. The highest BCUT2D eigenvalue weighted by Gasteiger charge is 2.01. The average molecular weight is 282 g/mol. The molecule has 2 N–H and O–H groups in total. The highest BCUT2D eigenvalue weighted by molar-refractivity contribution is 7.98. The van der Waals surface area contributed by atoms with Gasteiger partial charge < -0.3 is 15.4 Å². The van der Waals surface area contributed by atoms with Crippen LogP contribution in [0.3, 0.4) is 0 Å². The molecule has 0 bridgehead atoms. The summed E-state index contributed by atoms with van der Waals surface area (Å²) in [6.45, 7) is 3.48. The number of nitrogens with one attached hydrogen (secondary N) is 2. The van der Waals surface area contributed by atoms with Crippen molar-refractivity contribution in [1.29, 1.82) is 0 Å². The number of urea groups is 1. The Balaban J connectivity index is 2.40. The second kappa shape index (κ2) is 9.69. The van der Waals surface area contributed by atoms with Crippen LogP contribution in [0.25, 0.3) is 0 Å². The van der Waals surface area contributed by atoms with E-state index in [2.05, 4.69) is 16.7 Å². The van der Waals surface area contributed by atoms with Crippen molar-refractivity contribution in [2.75, 3.05) is 31.3 Å². The van der Waals surface area contributed by atoms with E-state index in [1.54, 1.807) is 7.11 Å².